The van der Waals surface area contributed by atoms with Gasteiger partial charge in [0, 0.05) is 11.0 Å². The third-order valence-corrected chi connectivity index (χ3v) is 3.61. The van der Waals surface area contributed by atoms with Gasteiger partial charge in [0.1, 0.15) is 5.75 Å². The van der Waals surface area contributed by atoms with E-state index in [4.69, 9.17) is 31.3 Å². The second-order valence-corrected chi connectivity index (χ2v) is 5.86. The fourth-order valence-electron chi connectivity index (χ4n) is 2.00. The van der Waals surface area contributed by atoms with Gasteiger partial charge in [0.25, 0.3) is 0 Å². The topological polar surface area (TPSA) is 83.4 Å². The number of rotatable bonds is 5. The van der Waals surface area contributed by atoms with Gasteiger partial charge in [0.05, 0.1) is 31.4 Å². The van der Waals surface area contributed by atoms with E-state index in [0.717, 1.165) is 5.56 Å². The molecule has 6 nitrogen and oxygen atoms in total. The predicted molar refractivity (Wildman–Crippen MR) is 77.1 cm³/mol. The first-order valence-corrected chi connectivity index (χ1v) is 7.01. The molecule has 112 valence electrons. The van der Waals surface area contributed by atoms with Crippen molar-refractivity contribution in [2.24, 2.45) is 11.1 Å². The third-order valence-electron chi connectivity index (χ3n) is 3.31. The first kappa shape index (κ1) is 14.3. The van der Waals surface area contributed by atoms with Gasteiger partial charge in [-0.3, -0.25) is 0 Å². The highest BCUT2D eigenvalue weighted by Gasteiger charge is 2.34. The summed E-state index contributed by atoms with van der Waals surface area (Å²) in [6, 6.07) is 5.40. The lowest BCUT2D eigenvalue weighted by Crippen LogP contribution is -2.44. The van der Waals surface area contributed by atoms with Gasteiger partial charge in [-0.25, -0.2) is 0 Å². The van der Waals surface area contributed by atoms with Crippen molar-refractivity contribution in [1.29, 1.82) is 0 Å². The molecule has 2 aromatic rings. The highest BCUT2D eigenvalue weighted by atomic mass is 35.5. The van der Waals surface area contributed by atoms with E-state index in [1.807, 2.05) is 6.07 Å². The van der Waals surface area contributed by atoms with E-state index in [9.17, 15) is 0 Å². The predicted octanol–water partition coefficient (Wildman–Crippen LogP) is 2.26. The Labute approximate surface area is 127 Å². The molecule has 0 unspecified atom stereocenters. The minimum Gasteiger partial charge on any atom is -0.491 e. The minimum atomic E-state index is 0.0751. The van der Waals surface area contributed by atoms with Crippen LogP contribution in [0.2, 0.25) is 5.02 Å². The number of hydrogen-bond acceptors (Lipinski definition) is 6. The Morgan fingerprint density at radius 2 is 2.24 bits per heavy atom. The molecule has 0 aliphatic carbocycles. The second kappa shape index (κ2) is 5.63. The lowest BCUT2D eigenvalue weighted by atomic mass is 9.90. The van der Waals surface area contributed by atoms with E-state index in [1.165, 1.54) is 0 Å². The second-order valence-electron chi connectivity index (χ2n) is 5.45. The molecular formula is C14H16ClN3O3. The molecule has 1 aliphatic heterocycles. The Morgan fingerprint density at radius 1 is 1.43 bits per heavy atom. The highest BCUT2D eigenvalue weighted by Crippen LogP contribution is 2.32. The highest BCUT2D eigenvalue weighted by molar-refractivity contribution is 6.32. The molecule has 0 spiro atoms. The van der Waals surface area contributed by atoms with Gasteiger partial charge in [-0.2, -0.15) is 4.98 Å². The average molecular weight is 310 g/mol. The fourth-order valence-corrected chi connectivity index (χ4v) is 2.23. The first-order chi connectivity index (χ1) is 10.1. The number of nitrogens with two attached hydrogens (primary N) is 1. The monoisotopic (exact) mass is 309 g/mol. The van der Waals surface area contributed by atoms with E-state index in [-0.39, 0.29) is 12.0 Å². The van der Waals surface area contributed by atoms with Crippen LogP contribution in [-0.4, -0.2) is 30.0 Å². The Bertz CT molecular complexity index is 640. The molecule has 0 atom stereocenters. The first-order valence-electron chi connectivity index (χ1n) is 6.63. The fraction of sp³-hybridized carbons (Fsp3) is 0.429. The summed E-state index contributed by atoms with van der Waals surface area (Å²) in [4.78, 5) is 4.16. The number of nitrogens with zero attached hydrogens (tertiary/aromatic N) is 2. The van der Waals surface area contributed by atoms with E-state index in [1.54, 1.807) is 12.1 Å². The zero-order valence-corrected chi connectivity index (χ0v) is 12.4. The van der Waals surface area contributed by atoms with Crippen molar-refractivity contribution in [2.45, 2.75) is 13.5 Å². The summed E-state index contributed by atoms with van der Waals surface area (Å²) in [5, 5.41) is 4.36. The van der Waals surface area contributed by atoms with E-state index < -0.39 is 0 Å². The van der Waals surface area contributed by atoms with Gasteiger partial charge in [0.15, 0.2) is 0 Å². The number of halogens is 1. The third kappa shape index (κ3) is 3.02. The van der Waals surface area contributed by atoms with Crippen molar-refractivity contribution in [1.82, 2.24) is 10.1 Å². The standard InChI is InChI=1S/C14H16ClN3O3/c1-14(6-19-7-14)8-20-11-3-2-9(4-10(11)15)13-17-12(5-16)21-18-13/h2-4H,5-8,16H2,1H3. The summed E-state index contributed by atoms with van der Waals surface area (Å²) in [5.41, 5.74) is 6.28. The van der Waals surface area contributed by atoms with Crippen LogP contribution in [0, 0.1) is 5.41 Å². The normalized spacial score (nSPS) is 16.5. The summed E-state index contributed by atoms with van der Waals surface area (Å²) in [6.45, 7) is 4.33. The van der Waals surface area contributed by atoms with Gasteiger partial charge in [0.2, 0.25) is 11.7 Å². The Hall–Kier alpha value is -1.63. The summed E-state index contributed by atoms with van der Waals surface area (Å²) in [7, 11) is 0. The van der Waals surface area contributed by atoms with E-state index >= 15 is 0 Å². The molecular weight excluding hydrogens is 294 g/mol. The molecule has 3 rings (SSSR count). The average Bonchev–Trinajstić information content (AvgIpc) is 2.93. The summed E-state index contributed by atoms with van der Waals surface area (Å²) in [6.07, 6.45) is 0. The van der Waals surface area contributed by atoms with Crippen LogP contribution in [0.4, 0.5) is 0 Å². The minimum absolute atomic E-state index is 0.0751. The molecule has 1 aromatic carbocycles. The Morgan fingerprint density at radius 3 is 2.81 bits per heavy atom. The Balaban J connectivity index is 1.73. The van der Waals surface area contributed by atoms with E-state index in [2.05, 4.69) is 17.1 Å². The van der Waals surface area contributed by atoms with Crippen LogP contribution < -0.4 is 10.5 Å². The lowest BCUT2D eigenvalue weighted by molar-refractivity contribution is -0.120. The van der Waals surface area contributed by atoms with Crippen LogP contribution in [-0.2, 0) is 11.3 Å². The maximum absolute atomic E-state index is 6.24. The van der Waals surface area contributed by atoms with Crippen molar-refractivity contribution in [2.75, 3.05) is 19.8 Å². The van der Waals surface area contributed by atoms with E-state index in [0.29, 0.717) is 42.3 Å². The molecule has 1 fully saturated rings. The summed E-state index contributed by atoms with van der Waals surface area (Å²) >= 11 is 6.24. The molecule has 2 N–H and O–H groups in total. The maximum atomic E-state index is 6.24. The molecule has 2 heterocycles. The van der Waals surface area contributed by atoms with Crippen LogP contribution in [0.1, 0.15) is 12.8 Å². The number of benzene rings is 1. The van der Waals surface area contributed by atoms with Crippen molar-refractivity contribution < 1.29 is 14.0 Å². The molecule has 7 heteroatoms. The quantitative estimate of drug-likeness (QED) is 0.912. The van der Waals surface area contributed by atoms with Crippen molar-refractivity contribution >= 4 is 11.6 Å². The van der Waals surface area contributed by atoms with Crippen molar-refractivity contribution in [3.8, 4) is 17.1 Å². The molecule has 21 heavy (non-hydrogen) atoms. The molecule has 1 saturated heterocycles. The largest absolute Gasteiger partial charge is 0.491 e. The smallest absolute Gasteiger partial charge is 0.240 e. The zero-order valence-electron chi connectivity index (χ0n) is 11.6. The van der Waals surface area contributed by atoms with Gasteiger partial charge in [-0.15, -0.1) is 0 Å². The van der Waals surface area contributed by atoms with Crippen molar-refractivity contribution in [3.63, 3.8) is 0 Å². The van der Waals surface area contributed by atoms with Gasteiger partial charge >= 0.3 is 0 Å². The Kier molecular flexibility index (Phi) is 3.84. The van der Waals surface area contributed by atoms with Crippen LogP contribution in [0.25, 0.3) is 11.4 Å². The number of aromatic nitrogens is 2. The van der Waals surface area contributed by atoms with Crippen LogP contribution >= 0.6 is 11.6 Å². The molecule has 0 amide bonds. The van der Waals surface area contributed by atoms with Gasteiger partial charge in [-0.05, 0) is 18.2 Å². The van der Waals surface area contributed by atoms with Crippen LogP contribution in [0.15, 0.2) is 22.7 Å². The van der Waals surface area contributed by atoms with Crippen molar-refractivity contribution in [3.05, 3.63) is 29.1 Å². The summed E-state index contributed by atoms with van der Waals surface area (Å²) in [5.74, 6) is 1.48. The molecule has 0 saturated carbocycles. The summed E-state index contributed by atoms with van der Waals surface area (Å²) < 4.78 is 15.9. The molecule has 1 aromatic heterocycles. The molecule has 0 radical (unpaired) electrons. The zero-order chi connectivity index (χ0) is 14.9. The maximum Gasteiger partial charge on any atom is 0.240 e. The van der Waals surface area contributed by atoms with Crippen LogP contribution in [0.5, 0.6) is 5.75 Å². The number of ether oxygens (including phenoxy) is 2. The molecule has 1 aliphatic rings. The van der Waals surface area contributed by atoms with Crippen LogP contribution in [0.3, 0.4) is 0 Å². The number of hydrogen-bond donors (Lipinski definition) is 1. The molecule has 0 bridgehead atoms. The lowest BCUT2D eigenvalue weighted by Gasteiger charge is -2.37. The van der Waals surface area contributed by atoms with Gasteiger partial charge < -0.3 is 19.7 Å². The van der Waals surface area contributed by atoms with Gasteiger partial charge in [-0.1, -0.05) is 23.7 Å². The SMILES string of the molecule is CC1(COc2ccc(-c3noc(CN)n3)cc2Cl)COC1.